The van der Waals surface area contributed by atoms with Gasteiger partial charge in [-0.25, -0.2) is 0 Å². The largest absolute Gasteiger partial charge is 0.299 e. The molecule has 94 valence electrons. The van der Waals surface area contributed by atoms with E-state index in [0.717, 1.165) is 13.0 Å². The Morgan fingerprint density at radius 1 is 1.28 bits per heavy atom. The summed E-state index contributed by atoms with van der Waals surface area (Å²) < 4.78 is 0. The Morgan fingerprint density at radius 3 is 2.72 bits per heavy atom. The Morgan fingerprint density at radius 2 is 2.00 bits per heavy atom. The summed E-state index contributed by atoms with van der Waals surface area (Å²) in [5.74, 6) is 3.34. The van der Waals surface area contributed by atoms with Crippen LogP contribution >= 0.6 is 11.8 Å². The van der Waals surface area contributed by atoms with Crippen molar-refractivity contribution in [2.24, 2.45) is 0 Å². The lowest BCUT2D eigenvalue weighted by Crippen LogP contribution is -2.34. The zero-order valence-electron chi connectivity index (χ0n) is 11.2. The molecule has 1 aromatic carbocycles. The van der Waals surface area contributed by atoms with Crippen LogP contribution in [0.25, 0.3) is 0 Å². The van der Waals surface area contributed by atoms with E-state index in [-0.39, 0.29) is 0 Å². The highest BCUT2D eigenvalue weighted by Gasteiger charge is 2.18. The predicted octanol–water partition coefficient (Wildman–Crippen LogP) is 3.78. The summed E-state index contributed by atoms with van der Waals surface area (Å²) in [6, 6.07) is 10.9. The zero-order valence-corrected chi connectivity index (χ0v) is 12.1. The maximum absolute atomic E-state index is 3.34. The second-order valence-electron chi connectivity index (χ2n) is 4.87. The monoisotopic (exact) mass is 257 g/mol. The summed E-state index contributed by atoms with van der Waals surface area (Å²) in [5, 5.41) is 3.23. The number of nitrogens with zero attached hydrogens (tertiary/aromatic N) is 1. The van der Waals surface area contributed by atoms with Crippen LogP contribution in [-0.4, -0.2) is 24.5 Å². The number of thioether (sulfide) groups is 1. The highest BCUT2D eigenvalue weighted by Crippen LogP contribution is 2.22. The van der Waals surface area contributed by atoms with Crippen LogP contribution in [0.3, 0.4) is 0 Å². The molecule has 1 unspecified atom stereocenters. The van der Waals surface area contributed by atoms with Crippen molar-refractivity contribution in [2.45, 2.75) is 31.2 Å². The smallest absolute Gasteiger partial charge is 0.0203 e. The molecule has 2 heteroatoms. The third kappa shape index (κ3) is 3.41. The molecule has 0 saturated carbocycles. The third-order valence-corrected chi connectivity index (χ3v) is 4.08. The second-order valence-corrected chi connectivity index (χ2v) is 5.75. The first-order chi connectivity index (χ1) is 8.66. The molecular formula is C16H19NS. The molecule has 18 heavy (non-hydrogen) atoms. The average molecular weight is 257 g/mol. The van der Waals surface area contributed by atoms with Crippen LogP contribution in [0.2, 0.25) is 0 Å². The molecule has 1 heterocycles. The maximum atomic E-state index is 3.34. The zero-order chi connectivity index (χ0) is 13.0. The lowest BCUT2D eigenvalue weighted by molar-refractivity contribution is 0.263. The van der Waals surface area contributed by atoms with Gasteiger partial charge in [0.1, 0.15) is 0 Å². The van der Waals surface area contributed by atoms with Gasteiger partial charge >= 0.3 is 0 Å². The Kier molecular flexibility index (Phi) is 4.52. The minimum Gasteiger partial charge on any atom is -0.299 e. The number of benzene rings is 1. The first-order valence-corrected chi connectivity index (χ1v) is 7.10. The van der Waals surface area contributed by atoms with Crippen LogP contribution in [0.5, 0.6) is 0 Å². The molecule has 0 saturated heterocycles. The molecule has 0 bridgehead atoms. The molecule has 1 aromatic rings. The van der Waals surface area contributed by atoms with Crippen molar-refractivity contribution in [1.82, 2.24) is 4.90 Å². The molecule has 0 radical (unpaired) electrons. The number of likely N-dealkylation sites (N-methyl/N-ethyl adjacent to an activating group) is 1. The van der Waals surface area contributed by atoms with Crippen LogP contribution in [0.15, 0.2) is 46.4 Å². The molecule has 0 aliphatic carbocycles. The lowest BCUT2D eigenvalue weighted by atomic mass is 9.97. The topological polar surface area (TPSA) is 3.24 Å². The second kappa shape index (κ2) is 6.13. The first-order valence-electron chi connectivity index (χ1n) is 6.28. The summed E-state index contributed by atoms with van der Waals surface area (Å²) in [5.41, 5.74) is 2.74. The molecule has 2 rings (SSSR count). The maximum Gasteiger partial charge on any atom is 0.0203 e. The van der Waals surface area contributed by atoms with Crippen molar-refractivity contribution >= 4 is 11.8 Å². The number of hydrogen-bond acceptors (Lipinski definition) is 2. The van der Waals surface area contributed by atoms with Crippen molar-refractivity contribution in [2.75, 3.05) is 13.6 Å². The van der Waals surface area contributed by atoms with Gasteiger partial charge in [-0.05, 0) is 62.0 Å². The minimum absolute atomic E-state index is 0.597. The van der Waals surface area contributed by atoms with Gasteiger partial charge in [0, 0.05) is 23.1 Å². The predicted molar refractivity (Wildman–Crippen MR) is 79.5 cm³/mol. The lowest BCUT2D eigenvalue weighted by Gasteiger charge is -2.30. The molecule has 0 N–H and O–H groups in total. The van der Waals surface area contributed by atoms with E-state index >= 15 is 0 Å². The highest BCUT2D eigenvalue weighted by molar-refractivity contribution is 8.03. The van der Waals surface area contributed by atoms with Gasteiger partial charge in [0.25, 0.3) is 0 Å². The normalized spacial score (nSPS) is 20.5. The van der Waals surface area contributed by atoms with Crippen LogP contribution in [-0.2, 0) is 0 Å². The third-order valence-electron chi connectivity index (χ3n) is 3.37. The van der Waals surface area contributed by atoms with E-state index in [4.69, 9.17) is 0 Å². The molecular weight excluding hydrogens is 238 g/mol. The first kappa shape index (κ1) is 13.3. The van der Waals surface area contributed by atoms with Crippen molar-refractivity contribution in [1.29, 1.82) is 0 Å². The SMILES string of the molecule is CC1=C(C#CSc2ccccc2)CC(C)N(C)C1. The van der Waals surface area contributed by atoms with E-state index in [1.54, 1.807) is 11.8 Å². The molecule has 0 fully saturated rings. The van der Waals surface area contributed by atoms with Crippen LogP contribution < -0.4 is 0 Å². The highest BCUT2D eigenvalue weighted by atomic mass is 32.2. The summed E-state index contributed by atoms with van der Waals surface area (Å²) in [6.45, 7) is 5.50. The Bertz CT molecular complexity index is 493. The molecule has 0 aromatic heterocycles. The van der Waals surface area contributed by atoms with Crippen LogP contribution in [0.1, 0.15) is 20.3 Å². The Labute approximate surface area is 114 Å². The van der Waals surface area contributed by atoms with E-state index in [1.807, 2.05) is 18.2 Å². The summed E-state index contributed by atoms with van der Waals surface area (Å²) in [7, 11) is 2.18. The fourth-order valence-electron chi connectivity index (χ4n) is 2.04. The van der Waals surface area contributed by atoms with E-state index in [2.05, 4.69) is 49.1 Å². The van der Waals surface area contributed by atoms with Crippen molar-refractivity contribution in [3.8, 4) is 11.2 Å². The molecule has 0 amide bonds. The Balaban J connectivity index is 2.04. The van der Waals surface area contributed by atoms with Gasteiger partial charge in [0.2, 0.25) is 0 Å². The summed E-state index contributed by atoms with van der Waals surface area (Å²) in [4.78, 5) is 3.59. The van der Waals surface area contributed by atoms with E-state index in [0.29, 0.717) is 6.04 Å². The van der Waals surface area contributed by atoms with E-state index in [9.17, 15) is 0 Å². The van der Waals surface area contributed by atoms with Crippen LogP contribution in [0, 0.1) is 11.2 Å². The minimum atomic E-state index is 0.597. The fraction of sp³-hybridized carbons (Fsp3) is 0.375. The summed E-state index contributed by atoms with van der Waals surface area (Å²) >= 11 is 1.61. The van der Waals surface area contributed by atoms with Gasteiger partial charge in [0.15, 0.2) is 0 Å². The van der Waals surface area contributed by atoms with E-state index in [1.165, 1.54) is 16.0 Å². The number of hydrogen-bond donors (Lipinski definition) is 0. The quantitative estimate of drug-likeness (QED) is 0.556. The van der Waals surface area contributed by atoms with Gasteiger partial charge in [-0.2, -0.15) is 0 Å². The average Bonchev–Trinajstić information content (AvgIpc) is 2.37. The standard InChI is InChI=1S/C16H19NS/c1-13-12-17(3)14(2)11-15(13)9-10-18-16-7-5-4-6-8-16/h4-8,14H,11-12H2,1-3H3. The molecule has 1 nitrogen and oxygen atoms in total. The van der Waals surface area contributed by atoms with Gasteiger partial charge in [-0.15, -0.1) is 0 Å². The van der Waals surface area contributed by atoms with Gasteiger partial charge < -0.3 is 0 Å². The fourth-order valence-corrected chi connectivity index (χ4v) is 2.63. The summed E-state index contributed by atoms with van der Waals surface area (Å²) in [6.07, 6.45) is 1.07. The van der Waals surface area contributed by atoms with E-state index < -0.39 is 0 Å². The molecule has 1 aliphatic heterocycles. The molecule has 0 spiro atoms. The molecule has 1 atom stereocenters. The Hall–Kier alpha value is -1.17. The van der Waals surface area contributed by atoms with Crippen molar-refractivity contribution in [3.63, 3.8) is 0 Å². The molecule has 1 aliphatic rings. The number of rotatable bonds is 1. The van der Waals surface area contributed by atoms with Crippen molar-refractivity contribution < 1.29 is 0 Å². The van der Waals surface area contributed by atoms with Gasteiger partial charge in [0.05, 0.1) is 0 Å². The van der Waals surface area contributed by atoms with Gasteiger partial charge in [-0.3, -0.25) is 4.90 Å². The van der Waals surface area contributed by atoms with Crippen LogP contribution in [0.4, 0.5) is 0 Å². The van der Waals surface area contributed by atoms with Gasteiger partial charge in [-0.1, -0.05) is 24.1 Å². The van der Waals surface area contributed by atoms with Crippen molar-refractivity contribution in [3.05, 3.63) is 41.5 Å².